The summed E-state index contributed by atoms with van der Waals surface area (Å²) in [7, 11) is 1.69. The van der Waals surface area contributed by atoms with Gasteiger partial charge in [-0.05, 0) is 18.2 Å². The van der Waals surface area contributed by atoms with Crippen LogP contribution in [0.5, 0.6) is 5.75 Å². The molecule has 0 saturated carbocycles. The molecule has 5 nitrogen and oxygen atoms in total. The summed E-state index contributed by atoms with van der Waals surface area (Å²) in [4.78, 5) is 16.8. The van der Waals surface area contributed by atoms with Crippen LogP contribution in [0.1, 0.15) is 15.9 Å². The van der Waals surface area contributed by atoms with E-state index < -0.39 is 0 Å². The van der Waals surface area contributed by atoms with E-state index in [0.29, 0.717) is 24.3 Å². The lowest BCUT2D eigenvalue weighted by Crippen LogP contribution is -2.48. The molecule has 2 aromatic rings. The molecule has 7 heteroatoms. The highest BCUT2D eigenvalue weighted by atomic mass is 35.5. The van der Waals surface area contributed by atoms with Crippen LogP contribution in [0.2, 0.25) is 0 Å². The number of methoxy groups -OCH3 is 1. The Hall–Kier alpha value is -1.95. The van der Waals surface area contributed by atoms with Crippen molar-refractivity contribution < 1.29 is 9.53 Å². The number of carbonyl (C=O) groups is 1. The molecule has 0 spiro atoms. The van der Waals surface area contributed by atoms with Crippen molar-refractivity contribution in [1.29, 1.82) is 0 Å². The number of amides is 1. The number of carbonyl (C=O) groups excluding carboxylic acids is 1. The largest absolute Gasteiger partial charge is 0.496 e. The van der Waals surface area contributed by atoms with Gasteiger partial charge in [0.1, 0.15) is 5.75 Å². The van der Waals surface area contributed by atoms with E-state index in [1.807, 2.05) is 35.2 Å². The number of hydrogen-bond acceptors (Lipinski definition) is 4. The Morgan fingerprint density at radius 1 is 1.00 bits per heavy atom. The number of nitrogens with two attached hydrogens (primary N) is 1. The molecular formula is C19H25Cl2N3O2. The summed E-state index contributed by atoms with van der Waals surface area (Å²) in [6.45, 7) is 3.94. The number of rotatable bonds is 4. The first-order chi connectivity index (χ1) is 11.7. The van der Waals surface area contributed by atoms with Gasteiger partial charge in [0, 0.05) is 44.0 Å². The Labute approximate surface area is 166 Å². The molecule has 2 aromatic carbocycles. The van der Waals surface area contributed by atoms with Gasteiger partial charge < -0.3 is 15.4 Å². The summed E-state index contributed by atoms with van der Waals surface area (Å²) in [5, 5.41) is 0. The van der Waals surface area contributed by atoms with Crippen LogP contribution in [0.4, 0.5) is 5.69 Å². The van der Waals surface area contributed by atoms with Crippen LogP contribution in [0, 0.1) is 0 Å². The molecule has 2 N–H and O–H groups in total. The lowest BCUT2D eigenvalue weighted by molar-refractivity contribution is 0.0628. The van der Waals surface area contributed by atoms with E-state index in [-0.39, 0.29) is 30.7 Å². The summed E-state index contributed by atoms with van der Waals surface area (Å²) in [5.41, 5.74) is 8.22. The second-order valence-corrected chi connectivity index (χ2v) is 5.97. The van der Waals surface area contributed by atoms with E-state index in [4.69, 9.17) is 10.5 Å². The molecule has 1 saturated heterocycles. The van der Waals surface area contributed by atoms with Gasteiger partial charge in [0.2, 0.25) is 0 Å². The first-order valence-corrected chi connectivity index (χ1v) is 8.17. The molecule has 0 atom stereocenters. The van der Waals surface area contributed by atoms with Gasteiger partial charge in [0.15, 0.2) is 0 Å². The van der Waals surface area contributed by atoms with Gasteiger partial charge in [-0.25, -0.2) is 0 Å². The van der Waals surface area contributed by atoms with Crippen LogP contribution in [0.25, 0.3) is 0 Å². The van der Waals surface area contributed by atoms with Crippen molar-refractivity contribution in [1.82, 2.24) is 9.80 Å². The fourth-order valence-electron chi connectivity index (χ4n) is 3.05. The molecule has 0 unspecified atom stereocenters. The van der Waals surface area contributed by atoms with Crippen molar-refractivity contribution in [3.63, 3.8) is 0 Å². The normalized spacial score (nSPS) is 14.1. The Morgan fingerprint density at radius 2 is 1.62 bits per heavy atom. The maximum Gasteiger partial charge on any atom is 0.256 e. The van der Waals surface area contributed by atoms with Gasteiger partial charge in [0.25, 0.3) is 5.91 Å². The third-order valence-corrected chi connectivity index (χ3v) is 4.44. The third-order valence-electron chi connectivity index (χ3n) is 4.44. The molecule has 1 fully saturated rings. The van der Waals surface area contributed by atoms with E-state index >= 15 is 0 Å². The zero-order chi connectivity index (χ0) is 16.9. The van der Waals surface area contributed by atoms with Crippen LogP contribution in [-0.4, -0.2) is 49.0 Å². The molecule has 3 rings (SSSR count). The van der Waals surface area contributed by atoms with Crippen molar-refractivity contribution in [2.45, 2.75) is 6.54 Å². The third kappa shape index (κ3) is 5.04. The van der Waals surface area contributed by atoms with Gasteiger partial charge in [0.05, 0.1) is 12.7 Å². The number of hydrogen-bond donors (Lipinski definition) is 1. The molecule has 0 aromatic heterocycles. The number of nitrogens with zero attached hydrogens (tertiary/aromatic N) is 2. The average molecular weight is 398 g/mol. The zero-order valence-electron chi connectivity index (χ0n) is 14.8. The molecule has 0 radical (unpaired) electrons. The molecule has 1 amide bonds. The van der Waals surface area contributed by atoms with E-state index in [2.05, 4.69) is 11.0 Å². The lowest BCUT2D eigenvalue weighted by atomic mass is 10.1. The maximum absolute atomic E-state index is 12.6. The monoisotopic (exact) mass is 397 g/mol. The molecule has 0 aliphatic carbocycles. The standard InChI is InChI=1S/C19H23N3O2.2ClH/c1-24-18-9-5-2-6-15(18)14-21-10-12-22(13-11-21)19(23)16-7-3-4-8-17(16)20;;/h2-9H,10-14,20H2,1H3;2*1H. The minimum Gasteiger partial charge on any atom is -0.496 e. The highest BCUT2D eigenvalue weighted by Gasteiger charge is 2.23. The summed E-state index contributed by atoms with van der Waals surface area (Å²) in [6.07, 6.45) is 0. The number of benzene rings is 2. The molecule has 142 valence electrons. The Bertz CT molecular complexity index is 719. The SMILES string of the molecule is COc1ccccc1CN1CCN(C(=O)c2ccccc2N)CC1.Cl.Cl. The molecular weight excluding hydrogens is 373 g/mol. The predicted octanol–water partition coefficient (Wildman–Crippen LogP) is 3.08. The second kappa shape index (κ2) is 10.3. The number of nitrogen functional groups attached to an aromatic ring is 1. The van der Waals surface area contributed by atoms with Crippen molar-refractivity contribution in [3.8, 4) is 5.75 Å². The van der Waals surface area contributed by atoms with Crippen LogP contribution in [0.15, 0.2) is 48.5 Å². The Morgan fingerprint density at radius 3 is 2.27 bits per heavy atom. The van der Waals surface area contributed by atoms with Gasteiger partial charge in [-0.1, -0.05) is 30.3 Å². The van der Waals surface area contributed by atoms with Crippen LogP contribution >= 0.6 is 24.8 Å². The van der Waals surface area contributed by atoms with Crippen molar-refractivity contribution in [2.24, 2.45) is 0 Å². The van der Waals surface area contributed by atoms with E-state index in [9.17, 15) is 4.79 Å². The van der Waals surface area contributed by atoms with Crippen LogP contribution in [0.3, 0.4) is 0 Å². The van der Waals surface area contributed by atoms with E-state index in [1.54, 1.807) is 19.2 Å². The first-order valence-electron chi connectivity index (χ1n) is 8.17. The minimum atomic E-state index is 0. The summed E-state index contributed by atoms with van der Waals surface area (Å²) < 4.78 is 5.41. The number of anilines is 1. The number of piperazine rings is 1. The maximum atomic E-state index is 12.6. The van der Waals surface area contributed by atoms with Gasteiger partial charge in [-0.2, -0.15) is 0 Å². The second-order valence-electron chi connectivity index (χ2n) is 5.97. The summed E-state index contributed by atoms with van der Waals surface area (Å²) in [6, 6.07) is 15.3. The topological polar surface area (TPSA) is 58.8 Å². The molecule has 0 bridgehead atoms. The predicted molar refractivity (Wildman–Crippen MR) is 110 cm³/mol. The number of para-hydroxylation sites is 2. The fourth-order valence-corrected chi connectivity index (χ4v) is 3.05. The molecule has 1 aliphatic rings. The fraction of sp³-hybridized carbons (Fsp3) is 0.316. The zero-order valence-corrected chi connectivity index (χ0v) is 16.4. The first kappa shape index (κ1) is 22.1. The average Bonchev–Trinajstić information content (AvgIpc) is 2.63. The van der Waals surface area contributed by atoms with E-state index in [1.165, 1.54) is 5.56 Å². The van der Waals surface area contributed by atoms with Gasteiger partial charge in [-0.3, -0.25) is 9.69 Å². The van der Waals surface area contributed by atoms with Crippen molar-refractivity contribution >= 4 is 36.4 Å². The van der Waals surface area contributed by atoms with Gasteiger partial charge >= 0.3 is 0 Å². The van der Waals surface area contributed by atoms with E-state index in [0.717, 1.165) is 25.4 Å². The Kier molecular flexibility index (Phi) is 8.72. The van der Waals surface area contributed by atoms with Gasteiger partial charge in [-0.15, -0.1) is 24.8 Å². The molecule has 1 heterocycles. The van der Waals surface area contributed by atoms with Crippen molar-refractivity contribution in [2.75, 3.05) is 39.0 Å². The molecule has 1 aliphatic heterocycles. The lowest BCUT2D eigenvalue weighted by Gasteiger charge is -2.35. The smallest absolute Gasteiger partial charge is 0.256 e. The highest BCUT2D eigenvalue weighted by molar-refractivity contribution is 5.99. The minimum absolute atomic E-state index is 0. The number of halogens is 2. The highest BCUT2D eigenvalue weighted by Crippen LogP contribution is 2.21. The number of ether oxygens (including phenoxy) is 1. The van der Waals surface area contributed by atoms with Crippen molar-refractivity contribution in [3.05, 3.63) is 59.7 Å². The quantitative estimate of drug-likeness (QED) is 0.805. The summed E-state index contributed by atoms with van der Waals surface area (Å²) >= 11 is 0. The summed E-state index contributed by atoms with van der Waals surface area (Å²) in [5.74, 6) is 0.929. The van der Waals surface area contributed by atoms with Crippen LogP contribution < -0.4 is 10.5 Å². The van der Waals surface area contributed by atoms with Crippen LogP contribution in [-0.2, 0) is 6.54 Å². The Balaban J connectivity index is 0.00000169. The molecule has 26 heavy (non-hydrogen) atoms.